The molecule has 0 radical (unpaired) electrons. The van der Waals surface area contributed by atoms with Gasteiger partial charge in [0.2, 0.25) is 0 Å². The number of carbonyl (C=O) groups is 2. The van der Waals surface area contributed by atoms with Crippen LogP contribution < -0.4 is 10.6 Å². The summed E-state index contributed by atoms with van der Waals surface area (Å²) in [5.74, 6) is 0.147. The lowest BCUT2D eigenvalue weighted by atomic mass is 9.87. The lowest BCUT2D eigenvalue weighted by Crippen LogP contribution is -2.38. The van der Waals surface area contributed by atoms with Gasteiger partial charge in [-0.15, -0.1) is 0 Å². The van der Waals surface area contributed by atoms with E-state index in [0.29, 0.717) is 25.1 Å². The van der Waals surface area contributed by atoms with Crippen molar-refractivity contribution in [3.8, 4) is 0 Å². The first-order valence-electron chi connectivity index (χ1n) is 8.16. The van der Waals surface area contributed by atoms with Gasteiger partial charge in [0.05, 0.1) is 6.10 Å². The standard InChI is InChI=1S/C18H26N2O3/c1-12(21)10-18(2,3)11-19-17(23)20-14-8-7-13-5-4-6-16(22)15(13)9-14/h7-9,12,21H,4-6,10-11H2,1-3H3,(H2,19,20,23). The first-order chi connectivity index (χ1) is 10.8. The average Bonchev–Trinajstić information content (AvgIpc) is 2.45. The molecule has 1 aromatic carbocycles. The fraction of sp³-hybridized carbons (Fsp3) is 0.556. The molecule has 0 saturated carbocycles. The molecule has 5 nitrogen and oxygen atoms in total. The summed E-state index contributed by atoms with van der Waals surface area (Å²) in [7, 11) is 0. The fourth-order valence-corrected chi connectivity index (χ4v) is 3.07. The van der Waals surface area contributed by atoms with Gasteiger partial charge in [-0.3, -0.25) is 4.79 Å². The highest BCUT2D eigenvalue weighted by Crippen LogP contribution is 2.24. The molecule has 1 aromatic rings. The highest BCUT2D eigenvalue weighted by Gasteiger charge is 2.21. The van der Waals surface area contributed by atoms with Crippen LogP contribution in [-0.2, 0) is 6.42 Å². The van der Waals surface area contributed by atoms with Crippen LogP contribution in [0.25, 0.3) is 0 Å². The first-order valence-corrected chi connectivity index (χ1v) is 8.16. The smallest absolute Gasteiger partial charge is 0.319 e. The monoisotopic (exact) mass is 318 g/mol. The number of anilines is 1. The van der Waals surface area contributed by atoms with Crippen molar-refractivity contribution in [1.29, 1.82) is 0 Å². The van der Waals surface area contributed by atoms with Gasteiger partial charge in [-0.25, -0.2) is 4.79 Å². The molecule has 1 aliphatic carbocycles. The Kier molecular flexibility index (Phi) is 5.42. The molecule has 1 aliphatic rings. The molecule has 0 fully saturated rings. The number of fused-ring (bicyclic) bond motifs is 1. The number of carbonyl (C=O) groups excluding carboxylic acids is 2. The summed E-state index contributed by atoms with van der Waals surface area (Å²) in [6.07, 6.45) is 2.61. The molecule has 1 atom stereocenters. The molecule has 23 heavy (non-hydrogen) atoms. The summed E-state index contributed by atoms with van der Waals surface area (Å²) in [6.45, 7) is 6.20. The quantitative estimate of drug-likeness (QED) is 0.780. The first kappa shape index (κ1) is 17.5. The van der Waals surface area contributed by atoms with Crippen LogP contribution in [0, 0.1) is 5.41 Å². The Bertz CT molecular complexity index is 594. The molecule has 3 N–H and O–H groups in total. The van der Waals surface area contributed by atoms with Gasteiger partial charge in [-0.2, -0.15) is 0 Å². The van der Waals surface area contributed by atoms with Gasteiger partial charge in [0, 0.05) is 24.2 Å². The number of hydrogen-bond acceptors (Lipinski definition) is 3. The lowest BCUT2D eigenvalue weighted by Gasteiger charge is -2.26. The van der Waals surface area contributed by atoms with Gasteiger partial charge in [-0.1, -0.05) is 19.9 Å². The Hall–Kier alpha value is -1.88. The second-order valence-electron chi connectivity index (χ2n) is 7.17. The van der Waals surface area contributed by atoms with E-state index in [1.165, 1.54) is 0 Å². The molecule has 1 unspecified atom stereocenters. The Labute approximate surface area is 137 Å². The largest absolute Gasteiger partial charge is 0.393 e. The maximum absolute atomic E-state index is 12.0. The van der Waals surface area contributed by atoms with Crippen molar-refractivity contribution >= 4 is 17.5 Å². The normalized spacial score (nSPS) is 15.7. The Balaban J connectivity index is 1.93. The van der Waals surface area contributed by atoms with E-state index in [-0.39, 0.29) is 17.2 Å². The molecule has 0 aliphatic heterocycles. The van der Waals surface area contributed by atoms with Gasteiger partial charge in [0.15, 0.2) is 5.78 Å². The minimum absolute atomic E-state index is 0.147. The summed E-state index contributed by atoms with van der Waals surface area (Å²) in [5, 5.41) is 15.1. The van der Waals surface area contributed by atoms with Crippen LogP contribution >= 0.6 is 0 Å². The van der Waals surface area contributed by atoms with E-state index < -0.39 is 6.10 Å². The van der Waals surface area contributed by atoms with Gasteiger partial charge >= 0.3 is 6.03 Å². The summed E-state index contributed by atoms with van der Waals surface area (Å²) in [5.41, 5.74) is 2.23. The molecule has 5 heteroatoms. The van der Waals surface area contributed by atoms with Crippen LogP contribution in [-0.4, -0.2) is 29.6 Å². The van der Waals surface area contributed by atoms with Crippen LogP contribution in [0.1, 0.15) is 56.0 Å². The maximum Gasteiger partial charge on any atom is 0.319 e. The van der Waals surface area contributed by atoms with Crippen LogP contribution in [0.2, 0.25) is 0 Å². The maximum atomic E-state index is 12.0. The number of Topliss-reactive ketones (excluding diaryl/α,β-unsaturated/α-hetero) is 1. The number of benzene rings is 1. The van der Waals surface area contributed by atoms with Crippen molar-refractivity contribution < 1.29 is 14.7 Å². The minimum atomic E-state index is -0.401. The molecular weight excluding hydrogens is 292 g/mol. The summed E-state index contributed by atoms with van der Waals surface area (Å²) in [6, 6.07) is 5.21. The molecule has 0 aromatic heterocycles. The zero-order valence-electron chi connectivity index (χ0n) is 14.1. The number of aliphatic hydroxyl groups excluding tert-OH is 1. The summed E-state index contributed by atoms with van der Waals surface area (Å²) >= 11 is 0. The number of ketones is 1. The van der Waals surface area contributed by atoms with E-state index in [0.717, 1.165) is 24.0 Å². The number of nitrogens with one attached hydrogen (secondary N) is 2. The van der Waals surface area contributed by atoms with Crippen molar-refractivity contribution in [2.24, 2.45) is 5.41 Å². The fourth-order valence-electron chi connectivity index (χ4n) is 3.07. The summed E-state index contributed by atoms with van der Waals surface area (Å²) < 4.78 is 0. The Morgan fingerprint density at radius 3 is 2.78 bits per heavy atom. The molecule has 0 saturated heterocycles. The number of aliphatic hydroxyl groups is 1. The van der Waals surface area contributed by atoms with Crippen LogP contribution in [0.5, 0.6) is 0 Å². The van der Waals surface area contributed by atoms with Gasteiger partial charge in [0.25, 0.3) is 0 Å². The topological polar surface area (TPSA) is 78.4 Å². The second kappa shape index (κ2) is 7.13. The van der Waals surface area contributed by atoms with Crippen LogP contribution in [0.3, 0.4) is 0 Å². The third kappa shape index (κ3) is 5.06. The predicted molar refractivity (Wildman–Crippen MR) is 90.8 cm³/mol. The van der Waals surface area contributed by atoms with E-state index >= 15 is 0 Å². The molecule has 126 valence electrons. The predicted octanol–water partition coefficient (Wildman–Crippen LogP) is 3.12. The highest BCUT2D eigenvalue weighted by molar-refractivity contribution is 6.00. The van der Waals surface area contributed by atoms with Crippen molar-refractivity contribution in [3.05, 3.63) is 29.3 Å². The zero-order valence-corrected chi connectivity index (χ0v) is 14.1. The lowest BCUT2D eigenvalue weighted by molar-refractivity contribution is 0.0972. The van der Waals surface area contributed by atoms with Crippen LogP contribution in [0.4, 0.5) is 10.5 Å². The van der Waals surface area contributed by atoms with Crippen molar-refractivity contribution in [3.63, 3.8) is 0 Å². The highest BCUT2D eigenvalue weighted by atomic mass is 16.3. The van der Waals surface area contributed by atoms with Crippen molar-refractivity contribution in [2.45, 2.75) is 52.6 Å². The van der Waals surface area contributed by atoms with Gasteiger partial charge < -0.3 is 15.7 Å². The average molecular weight is 318 g/mol. The molecular formula is C18H26N2O3. The van der Waals surface area contributed by atoms with Crippen molar-refractivity contribution in [1.82, 2.24) is 5.32 Å². The number of amides is 2. The SMILES string of the molecule is CC(O)CC(C)(C)CNC(=O)Nc1ccc2c(c1)C(=O)CCC2. The zero-order chi connectivity index (χ0) is 17.0. The molecule has 0 spiro atoms. The number of hydrogen-bond donors (Lipinski definition) is 3. The van der Waals surface area contributed by atoms with E-state index in [1.807, 2.05) is 26.0 Å². The second-order valence-corrected chi connectivity index (χ2v) is 7.17. The summed E-state index contributed by atoms with van der Waals surface area (Å²) in [4.78, 5) is 24.0. The number of aryl methyl sites for hydroxylation is 1. The van der Waals surface area contributed by atoms with E-state index in [1.54, 1.807) is 13.0 Å². The number of urea groups is 1. The van der Waals surface area contributed by atoms with Crippen LogP contribution in [0.15, 0.2) is 18.2 Å². The molecule has 0 bridgehead atoms. The molecule has 2 rings (SSSR count). The third-order valence-electron chi connectivity index (χ3n) is 4.09. The minimum Gasteiger partial charge on any atom is -0.393 e. The van der Waals surface area contributed by atoms with Crippen molar-refractivity contribution in [2.75, 3.05) is 11.9 Å². The Morgan fingerprint density at radius 1 is 1.35 bits per heavy atom. The number of rotatable bonds is 5. The molecule has 0 heterocycles. The molecule has 2 amide bonds. The van der Waals surface area contributed by atoms with Gasteiger partial charge in [-0.05, 0) is 49.3 Å². The van der Waals surface area contributed by atoms with E-state index in [9.17, 15) is 14.7 Å². The van der Waals surface area contributed by atoms with E-state index in [4.69, 9.17) is 0 Å². The third-order valence-corrected chi connectivity index (χ3v) is 4.09. The Morgan fingerprint density at radius 2 is 2.09 bits per heavy atom. The van der Waals surface area contributed by atoms with E-state index in [2.05, 4.69) is 10.6 Å². The van der Waals surface area contributed by atoms with Gasteiger partial charge in [0.1, 0.15) is 0 Å².